The molecule has 1 atom stereocenters. The van der Waals surface area contributed by atoms with Crippen LogP contribution in [0.25, 0.3) is 23.0 Å². The van der Waals surface area contributed by atoms with Crippen LogP contribution in [0, 0.1) is 5.82 Å². The summed E-state index contributed by atoms with van der Waals surface area (Å²) in [5.74, 6) is 0.415. The average Bonchev–Trinajstić information content (AvgIpc) is 3.33. The second-order valence-electron chi connectivity index (χ2n) is 7.01. The molecule has 3 heterocycles. The van der Waals surface area contributed by atoms with Crippen LogP contribution >= 0.6 is 15.9 Å². The minimum absolute atomic E-state index is 0.0897. The minimum atomic E-state index is -0.355. The number of carbonyl (C=O) groups is 1. The summed E-state index contributed by atoms with van der Waals surface area (Å²) >= 11 is 3.16. The van der Waals surface area contributed by atoms with Gasteiger partial charge in [-0.2, -0.15) is 4.98 Å². The number of piperidine rings is 1. The molecule has 6 nitrogen and oxygen atoms in total. The van der Waals surface area contributed by atoms with E-state index in [1.807, 2.05) is 27.8 Å². The number of amides is 1. The molecule has 8 heteroatoms. The first-order valence-electron chi connectivity index (χ1n) is 9.27. The molecule has 1 aliphatic heterocycles. The van der Waals surface area contributed by atoms with Crippen LogP contribution in [-0.2, 0) is 11.3 Å². The Morgan fingerprint density at radius 3 is 3.00 bits per heavy atom. The van der Waals surface area contributed by atoms with Gasteiger partial charge in [-0.05, 0) is 72.4 Å². The average molecular weight is 447 g/mol. The lowest BCUT2D eigenvalue weighted by Gasteiger charge is -2.33. The molecule has 4 rings (SSSR count). The summed E-state index contributed by atoms with van der Waals surface area (Å²) in [6, 6.07) is 8.49. The van der Waals surface area contributed by atoms with Gasteiger partial charge in [0.1, 0.15) is 18.1 Å². The minimum Gasteiger partial charge on any atom is -0.338 e. The van der Waals surface area contributed by atoms with E-state index < -0.39 is 0 Å². The van der Waals surface area contributed by atoms with Crippen molar-refractivity contribution in [3.8, 4) is 23.0 Å². The highest BCUT2D eigenvalue weighted by Crippen LogP contribution is 2.26. The number of benzene rings is 1. The van der Waals surface area contributed by atoms with Crippen LogP contribution in [0.2, 0.25) is 0 Å². The third kappa shape index (κ3) is 3.73. The highest BCUT2D eigenvalue weighted by molar-refractivity contribution is 9.10. The second-order valence-corrected chi connectivity index (χ2v) is 7.86. The SMILES string of the molecule is CC1CCCCN1C(=O)Cn1cccc1-c1nc(-c2ccc(F)c(Br)c2)no1. The molecular weight excluding hydrogens is 427 g/mol. The van der Waals surface area contributed by atoms with Crippen LogP contribution in [0.15, 0.2) is 45.5 Å². The second kappa shape index (κ2) is 7.87. The lowest BCUT2D eigenvalue weighted by Crippen LogP contribution is -2.43. The van der Waals surface area contributed by atoms with E-state index in [4.69, 9.17) is 4.52 Å². The lowest BCUT2D eigenvalue weighted by atomic mass is 10.0. The zero-order valence-electron chi connectivity index (χ0n) is 15.4. The standard InChI is InChI=1S/C20H20BrFN4O2/c1-13-5-2-3-10-26(13)18(27)12-25-9-4-6-17(25)20-23-19(24-28-20)14-7-8-16(22)15(21)11-14/h4,6-9,11,13H,2-3,5,10,12H2,1H3. The molecule has 0 bridgehead atoms. The molecule has 3 aromatic rings. The fourth-order valence-corrected chi connectivity index (χ4v) is 3.91. The van der Waals surface area contributed by atoms with Gasteiger partial charge in [-0.25, -0.2) is 4.39 Å². The number of aromatic nitrogens is 3. The van der Waals surface area contributed by atoms with Crippen molar-refractivity contribution in [2.24, 2.45) is 0 Å². The largest absolute Gasteiger partial charge is 0.338 e. The molecule has 1 amide bonds. The first-order valence-corrected chi connectivity index (χ1v) is 10.1. The first-order chi connectivity index (χ1) is 13.5. The van der Waals surface area contributed by atoms with Crippen molar-refractivity contribution in [2.75, 3.05) is 6.54 Å². The van der Waals surface area contributed by atoms with E-state index in [-0.39, 0.29) is 24.3 Å². The predicted molar refractivity (Wildman–Crippen MR) is 106 cm³/mol. The van der Waals surface area contributed by atoms with Crippen LogP contribution in [0.5, 0.6) is 0 Å². The van der Waals surface area contributed by atoms with Gasteiger partial charge in [0.25, 0.3) is 5.89 Å². The molecule has 0 radical (unpaired) electrons. The van der Waals surface area contributed by atoms with Crippen molar-refractivity contribution in [1.82, 2.24) is 19.6 Å². The van der Waals surface area contributed by atoms with E-state index in [0.717, 1.165) is 19.4 Å². The summed E-state index contributed by atoms with van der Waals surface area (Å²) in [6.07, 6.45) is 5.10. The van der Waals surface area contributed by atoms with Gasteiger partial charge < -0.3 is 14.0 Å². The Morgan fingerprint density at radius 2 is 2.21 bits per heavy atom. The molecule has 28 heavy (non-hydrogen) atoms. The van der Waals surface area contributed by atoms with E-state index >= 15 is 0 Å². The number of hydrogen-bond acceptors (Lipinski definition) is 4. The van der Waals surface area contributed by atoms with Crippen molar-refractivity contribution in [2.45, 2.75) is 38.8 Å². The molecule has 1 aliphatic rings. The van der Waals surface area contributed by atoms with Crippen molar-refractivity contribution in [1.29, 1.82) is 0 Å². The van der Waals surface area contributed by atoms with Gasteiger partial charge in [-0.3, -0.25) is 4.79 Å². The molecule has 0 aliphatic carbocycles. The first kappa shape index (κ1) is 18.9. The van der Waals surface area contributed by atoms with Crippen molar-refractivity contribution in [3.05, 3.63) is 46.8 Å². The lowest BCUT2D eigenvalue weighted by molar-refractivity contribution is -0.135. The van der Waals surface area contributed by atoms with E-state index in [2.05, 4.69) is 33.0 Å². The topological polar surface area (TPSA) is 64.2 Å². The molecule has 1 fully saturated rings. The van der Waals surface area contributed by atoms with Crippen LogP contribution in [0.1, 0.15) is 26.2 Å². The molecule has 2 aromatic heterocycles. The Hall–Kier alpha value is -2.48. The predicted octanol–water partition coefficient (Wildman–Crippen LogP) is 4.51. The summed E-state index contributed by atoms with van der Waals surface area (Å²) in [5, 5.41) is 4.00. The van der Waals surface area contributed by atoms with Crippen molar-refractivity contribution >= 4 is 21.8 Å². The third-order valence-corrected chi connectivity index (χ3v) is 5.69. The molecule has 1 aromatic carbocycles. The highest BCUT2D eigenvalue weighted by Gasteiger charge is 2.24. The van der Waals surface area contributed by atoms with E-state index in [0.29, 0.717) is 27.4 Å². The van der Waals surface area contributed by atoms with Gasteiger partial charge in [0, 0.05) is 24.3 Å². The third-order valence-electron chi connectivity index (χ3n) is 5.08. The van der Waals surface area contributed by atoms with Gasteiger partial charge in [0.2, 0.25) is 11.7 Å². The van der Waals surface area contributed by atoms with Crippen LogP contribution in [0.4, 0.5) is 4.39 Å². The fraction of sp³-hybridized carbons (Fsp3) is 0.350. The zero-order valence-corrected chi connectivity index (χ0v) is 17.0. The Labute approximate surface area is 170 Å². The maximum Gasteiger partial charge on any atom is 0.274 e. The molecule has 1 saturated heterocycles. The van der Waals surface area contributed by atoms with Gasteiger partial charge in [-0.1, -0.05) is 5.16 Å². The summed E-state index contributed by atoms with van der Waals surface area (Å²) in [6.45, 7) is 3.13. The van der Waals surface area contributed by atoms with Crippen molar-refractivity contribution < 1.29 is 13.7 Å². The summed E-state index contributed by atoms with van der Waals surface area (Å²) in [4.78, 5) is 19.1. The number of rotatable bonds is 4. The van der Waals surface area contributed by atoms with Crippen LogP contribution < -0.4 is 0 Å². The van der Waals surface area contributed by atoms with E-state index in [1.54, 1.807) is 12.1 Å². The number of likely N-dealkylation sites (tertiary alicyclic amines) is 1. The number of hydrogen-bond donors (Lipinski definition) is 0. The molecule has 0 saturated carbocycles. The van der Waals surface area contributed by atoms with E-state index in [9.17, 15) is 9.18 Å². The van der Waals surface area contributed by atoms with Gasteiger partial charge in [0.05, 0.1) is 4.47 Å². The number of carbonyl (C=O) groups excluding carboxylic acids is 1. The molecule has 0 spiro atoms. The normalized spacial score (nSPS) is 17.1. The van der Waals surface area contributed by atoms with Gasteiger partial charge in [-0.15, -0.1) is 0 Å². The van der Waals surface area contributed by atoms with Gasteiger partial charge >= 0.3 is 0 Å². The number of nitrogens with zero attached hydrogens (tertiary/aromatic N) is 4. The fourth-order valence-electron chi connectivity index (χ4n) is 3.53. The van der Waals surface area contributed by atoms with Crippen LogP contribution in [-0.4, -0.2) is 38.1 Å². The summed E-state index contributed by atoms with van der Waals surface area (Å²) in [7, 11) is 0. The number of halogens is 2. The Morgan fingerprint density at radius 1 is 1.36 bits per heavy atom. The highest BCUT2D eigenvalue weighted by atomic mass is 79.9. The Bertz CT molecular complexity index is 1000. The molecule has 0 N–H and O–H groups in total. The molecule has 1 unspecified atom stereocenters. The maximum atomic E-state index is 13.4. The smallest absolute Gasteiger partial charge is 0.274 e. The van der Waals surface area contributed by atoms with Crippen LogP contribution in [0.3, 0.4) is 0 Å². The Kier molecular flexibility index (Phi) is 5.30. The summed E-state index contributed by atoms with van der Waals surface area (Å²) in [5.41, 5.74) is 1.32. The monoisotopic (exact) mass is 446 g/mol. The quantitative estimate of drug-likeness (QED) is 0.591. The maximum absolute atomic E-state index is 13.4. The van der Waals surface area contributed by atoms with Crippen molar-refractivity contribution in [3.63, 3.8) is 0 Å². The summed E-state index contributed by atoms with van der Waals surface area (Å²) < 4.78 is 21.0. The van der Waals surface area contributed by atoms with Gasteiger partial charge in [0.15, 0.2) is 0 Å². The zero-order chi connectivity index (χ0) is 19.7. The molecular formula is C20H20BrFN4O2. The van der Waals surface area contributed by atoms with E-state index in [1.165, 1.54) is 12.5 Å². The Balaban J connectivity index is 1.55. The molecule has 146 valence electrons.